The maximum atomic E-state index is 5.86. The van der Waals surface area contributed by atoms with Crippen LogP contribution in [0.4, 0.5) is 0 Å². The molecule has 0 spiro atoms. The highest BCUT2D eigenvalue weighted by atomic mass is 15.4. The lowest BCUT2D eigenvalue weighted by atomic mass is 10.1. The molecule has 0 radical (unpaired) electrons. The highest BCUT2D eigenvalue weighted by Gasteiger charge is 2.04. The average Bonchev–Trinajstić information content (AvgIpc) is 2.11. The van der Waals surface area contributed by atoms with Crippen LogP contribution in [0.5, 0.6) is 0 Å². The lowest BCUT2D eigenvalue weighted by Crippen LogP contribution is -2.28. The SMILES string of the molecule is CCCCC/C(=C(/N)CC)N(C)N. The van der Waals surface area contributed by atoms with Crippen LogP contribution in [-0.2, 0) is 0 Å². The quantitative estimate of drug-likeness (QED) is 0.378. The molecule has 0 bridgehead atoms. The summed E-state index contributed by atoms with van der Waals surface area (Å²) in [7, 11) is 1.85. The fourth-order valence-corrected chi connectivity index (χ4v) is 1.31. The zero-order valence-electron chi connectivity index (χ0n) is 9.14. The molecular weight excluding hydrogens is 162 g/mol. The molecule has 0 unspecified atom stereocenters. The minimum Gasteiger partial charge on any atom is -0.401 e. The fraction of sp³-hybridized carbons (Fsp3) is 0.800. The number of nitrogens with two attached hydrogens (primary N) is 2. The number of unbranched alkanes of at least 4 members (excludes halogenated alkanes) is 2. The van der Waals surface area contributed by atoms with Gasteiger partial charge in [0, 0.05) is 18.4 Å². The van der Waals surface area contributed by atoms with Gasteiger partial charge in [0.2, 0.25) is 0 Å². The van der Waals surface area contributed by atoms with E-state index in [1.807, 2.05) is 7.05 Å². The van der Waals surface area contributed by atoms with Crippen molar-refractivity contribution in [2.75, 3.05) is 7.05 Å². The molecule has 0 saturated heterocycles. The number of allylic oxidation sites excluding steroid dienone is 2. The molecule has 0 atom stereocenters. The second kappa shape index (κ2) is 6.78. The normalized spacial score (nSPS) is 12.6. The van der Waals surface area contributed by atoms with Crippen molar-refractivity contribution in [3.05, 3.63) is 11.4 Å². The molecule has 4 N–H and O–H groups in total. The van der Waals surface area contributed by atoms with Gasteiger partial charge in [0.15, 0.2) is 0 Å². The Hall–Kier alpha value is -0.700. The number of rotatable bonds is 6. The highest BCUT2D eigenvalue weighted by Crippen LogP contribution is 2.13. The fourth-order valence-electron chi connectivity index (χ4n) is 1.31. The Bertz CT molecular complexity index is 162. The molecule has 0 aliphatic carbocycles. The zero-order valence-corrected chi connectivity index (χ0v) is 9.14. The van der Waals surface area contributed by atoms with Gasteiger partial charge in [-0.15, -0.1) is 0 Å². The molecule has 0 fully saturated rings. The van der Waals surface area contributed by atoms with Gasteiger partial charge in [0.25, 0.3) is 0 Å². The minimum absolute atomic E-state index is 0.878. The summed E-state index contributed by atoms with van der Waals surface area (Å²) in [5, 5.41) is 1.65. The van der Waals surface area contributed by atoms with Crippen molar-refractivity contribution in [2.24, 2.45) is 11.6 Å². The van der Waals surface area contributed by atoms with E-state index in [9.17, 15) is 0 Å². The zero-order chi connectivity index (χ0) is 10.3. The molecule has 0 amide bonds. The summed E-state index contributed by atoms with van der Waals surface area (Å²) in [5.41, 5.74) is 7.87. The van der Waals surface area contributed by atoms with E-state index in [2.05, 4.69) is 13.8 Å². The molecule has 0 saturated carbocycles. The predicted octanol–water partition coefficient (Wildman–Crippen LogP) is 1.95. The Labute approximate surface area is 81.7 Å². The number of hydrogen-bond donors (Lipinski definition) is 2. The molecule has 0 aromatic carbocycles. The van der Waals surface area contributed by atoms with Crippen molar-refractivity contribution in [1.29, 1.82) is 0 Å². The Morgan fingerprint density at radius 3 is 2.23 bits per heavy atom. The molecule has 3 heteroatoms. The molecule has 78 valence electrons. The van der Waals surface area contributed by atoms with E-state index in [0.29, 0.717) is 0 Å². The van der Waals surface area contributed by atoms with Crippen LogP contribution in [-0.4, -0.2) is 12.1 Å². The predicted molar refractivity (Wildman–Crippen MR) is 57.6 cm³/mol. The van der Waals surface area contributed by atoms with Gasteiger partial charge >= 0.3 is 0 Å². The standard InChI is InChI=1S/C10H23N3/c1-4-6-7-8-10(13(3)12)9(11)5-2/h4-8,11-12H2,1-3H3/b10-9-. The van der Waals surface area contributed by atoms with Crippen LogP contribution >= 0.6 is 0 Å². The van der Waals surface area contributed by atoms with Gasteiger partial charge in [-0.2, -0.15) is 0 Å². The molecule has 0 heterocycles. The summed E-state index contributed by atoms with van der Waals surface area (Å²) in [5.74, 6) is 5.69. The van der Waals surface area contributed by atoms with Gasteiger partial charge in [-0.25, -0.2) is 5.84 Å². The van der Waals surface area contributed by atoms with Crippen LogP contribution in [0.1, 0.15) is 46.0 Å². The van der Waals surface area contributed by atoms with E-state index in [1.54, 1.807) is 5.01 Å². The number of hydrogen-bond acceptors (Lipinski definition) is 3. The van der Waals surface area contributed by atoms with Crippen molar-refractivity contribution in [3.63, 3.8) is 0 Å². The second-order valence-electron chi connectivity index (χ2n) is 3.39. The van der Waals surface area contributed by atoms with Gasteiger partial charge in [-0.05, 0) is 19.3 Å². The number of hydrazine groups is 1. The Balaban J connectivity index is 4.11. The van der Waals surface area contributed by atoms with Crippen molar-refractivity contribution in [2.45, 2.75) is 46.0 Å². The van der Waals surface area contributed by atoms with Crippen LogP contribution < -0.4 is 11.6 Å². The third-order valence-electron chi connectivity index (χ3n) is 2.19. The monoisotopic (exact) mass is 185 g/mol. The van der Waals surface area contributed by atoms with Crippen LogP contribution in [0, 0.1) is 0 Å². The first-order valence-electron chi connectivity index (χ1n) is 5.09. The summed E-state index contributed by atoms with van der Waals surface area (Å²) in [6.07, 6.45) is 5.53. The van der Waals surface area contributed by atoms with E-state index in [4.69, 9.17) is 11.6 Å². The molecule has 0 aliphatic heterocycles. The molecule has 0 aromatic rings. The molecule has 0 aromatic heterocycles. The molecule has 0 rings (SSSR count). The molecule has 0 aliphatic rings. The largest absolute Gasteiger partial charge is 0.401 e. The first-order chi connectivity index (χ1) is 6.13. The molecule has 13 heavy (non-hydrogen) atoms. The minimum atomic E-state index is 0.878. The van der Waals surface area contributed by atoms with Gasteiger partial charge < -0.3 is 10.7 Å². The van der Waals surface area contributed by atoms with Crippen LogP contribution in [0.2, 0.25) is 0 Å². The second-order valence-corrected chi connectivity index (χ2v) is 3.39. The number of nitrogens with zero attached hydrogens (tertiary/aromatic N) is 1. The highest BCUT2D eigenvalue weighted by molar-refractivity contribution is 5.08. The topological polar surface area (TPSA) is 55.3 Å². The first-order valence-corrected chi connectivity index (χ1v) is 5.09. The van der Waals surface area contributed by atoms with Crippen molar-refractivity contribution >= 4 is 0 Å². The van der Waals surface area contributed by atoms with E-state index in [-0.39, 0.29) is 0 Å². The summed E-state index contributed by atoms with van der Waals surface area (Å²) >= 11 is 0. The van der Waals surface area contributed by atoms with E-state index < -0.39 is 0 Å². The van der Waals surface area contributed by atoms with Gasteiger partial charge in [-0.1, -0.05) is 26.7 Å². The van der Waals surface area contributed by atoms with Gasteiger partial charge in [0.1, 0.15) is 0 Å². The van der Waals surface area contributed by atoms with Crippen molar-refractivity contribution in [3.8, 4) is 0 Å². The van der Waals surface area contributed by atoms with Crippen LogP contribution in [0.15, 0.2) is 11.4 Å². The van der Waals surface area contributed by atoms with E-state index in [0.717, 1.165) is 24.2 Å². The maximum Gasteiger partial charge on any atom is 0.0474 e. The van der Waals surface area contributed by atoms with Crippen LogP contribution in [0.25, 0.3) is 0 Å². The Morgan fingerprint density at radius 1 is 1.23 bits per heavy atom. The van der Waals surface area contributed by atoms with Gasteiger partial charge in [-0.3, -0.25) is 0 Å². The summed E-state index contributed by atoms with van der Waals surface area (Å²) < 4.78 is 0. The summed E-state index contributed by atoms with van der Waals surface area (Å²) in [6.45, 7) is 4.25. The molecular formula is C10H23N3. The molecule has 3 nitrogen and oxygen atoms in total. The van der Waals surface area contributed by atoms with Crippen molar-refractivity contribution < 1.29 is 0 Å². The summed E-state index contributed by atoms with van der Waals surface area (Å²) in [4.78, 5) is 0. The first kappa shape index (κ1) is 12.3. The van der Waals surface area contributed by atoms with Gasteiger partial charge in [0.05, 0.1) is 0 Å². The third kappa shape index (κ3) is 4.78. The average molecular weight is 185 g/mol. The Morgan fingerprint density at radius 2 is 1.85 bits per heavy atom. The maximum absolute atomic E-state index is 5.86. The summed E-state index contributed by atoms with van der Waals surface area (Å²) in [6, 6.07) is 0. The Kier molecular flexibility index (Phi) is 6.41. The lowest BCUT2D eigenvalue weighted by molar-refractivity contribution is 0.407. The van der Waals surface area contributed by atoms with E-state index in [1.165, 1.54) is 19.3 Å². The van der Waals surface area contributed by atoms with Crippen LogP contribution in [0.3, 0.4) is 0 Å². The van der Waals surface area contributed by atoms with E-state index >= 15 is 0 Å². The smallest absolute Gasteiger partial charge is 0.0474 e. The van der Waals surface area contributed by atoms with Crippen molar-refractivity contribution in [1.82, 2.24) is 5.01 Å². The lowest BCUT2D eigenvalue weighted by Gasteiger charge is -2.19. The third-order valence-corrected chi connectivity index (χ3v) is 2.19.